The SMILES string of the molecule is CSc1nccc(-c2nnc(C3CCN(C(=O)OCc4ccccc4)CC3)cc2-c2cccc(C(F)(F)F)c2)n1. The van der Waals surface area contributed by atoms with Gasteiger partial charge in [-0.15, -0.1) is 5.10 Å². The van der Waals surface area contributed by atoms with E-state index in [1.54, 1.807) is 29.3 Å². The molecule has 4 aromatic rings. The monoisotopic (exact) mass is 565 g/mol. The Morgan fingerprint density at radius 3 is 2.52 bits per heavy atom. The number of ether oxygens (including phenoxy) is 1. The molecule has 11 heteroatoms. The molecule has 2 aromatic heterocycles. The Bertz CT molecular complexity index is 1480. The summed E-state index contributed by atoms with van der Waals surface area (Å²) in [5.74, 6) is -0.0172. The summed E-state index contributed by atoms with van der Waals surface area (Å²) in [6.45, 7) is 1.15. The van der Waals surface area contributed by atoms with Crippen molar-refractivity contribution in [3.63, 3.8) is 0 Å². The van der Waals surface area contributed by atoms with Crippen molar-refractivity contribution in [2.24, 2.45) is 0 Å². The number of benzene rings is 2. The van der Waals surface area contributed by atoms with Crippen molar-refractivity contribution in [1.29, 1.82) is 0 Å². The first-order valence-electron chi connectivity index (χ1n) is 12.7. The maximum atomic E-state index is 13.5. The third-order valence-electron chi connectivity index (χ3n) is 6.75. The number of carbonyl (C=O) groups excluding carboxylic acids is 1. The van der Waals surface area contributed by atoms with Crippen LogP contribution >= 0.6 is 11.8 Å². The predicted octanol–water partition coefficient (Wildman–Crippen LogP) is 6.86. The summed E-state index contributed by atoms with van der Waals surface area (Å²) in [4.78, 5) is 22.9. The number of piperidine rings is 1. The van der Waals surface area contributed by atoms with E-state index in [1.165, 1.54) is 17.8 Å². The highest BCUT2D eigenvalue weighted by Crippen LogP contribution is 2.37. The van der Waals surface area contributed by atoms with Crippen LogP contribution in [0.15, 0.2) is 78.1 Å². The summed E-state index contributed by atoms with van der Waals surface area (Å²) < 4.78 is 46.1. The number of carbonyl (C=O) groups is 1. The number of halogens is 3. The number of amides is 1. The summed E-state index contributed by atoms with van der Waals surface area (Å²) >= 11 is 1.35. The normalized spacial score (nSPS) is 14.2. The summed E-state index contributed by atoms with van der Waals surface area (Å²) in [6.07, 6.45) is -0.178. The Hall–Kier alpha value is -3.99. The molecule has 0 unspecified atom stereocenters. The summed E-state index contributed by atoms with van der Waals surface area (Å²) in [6, 6.07) is 18.1. The molecule has 1 amide bonds. The summed E-state index contributed by atoms with van der Waals surface area (Å²) in [7, 11) is 0. The number of alkyl halides is 3. The predicted molar refractivity (Wildman–Crippen MR) is 145 cm³/mol. The number of hydrogen-bond acceptors (Lipinski definition) is 7. The Morgan fingerprint density at radius 1 is 1.02 bits per heavy atom. The van der Waals surface area contributed by atoms with Crippen LogP contribution in [0.2, 0.25) is 0 Å². The zero-order valence-electron chi connectivity index (χ0n) is 21.6. The summed E-state index contributed by atoms with van der Waals surface area (Å²) in [5, 5.41) is 9.43. The van der Waals surface area contributed by atoms with Crippen LogP contribution in [-0.4, -0.2) is 50.5 Å². The standard InChI is InChI=1S/C29H26F3N5O2S/c1-40-27-33-13-10-24(34-27)26-23(21-8-5-9-22(16-21)29(30,31)32)17-25(35-36-26)20-11-14-37(15-12-20)28(38)39-18-19-6-3-2-4-7-19/h2-10,13,16-17,20H,11-12,14-15,18H2,1H3. The molecule has 0 saturated carbocycles. The maximum Gasteiger partial charge on any atom is 0.416 e. The van der Waals surface area contributed by atoms with Crippen LogP contribution in [0.3, 0.4) is 0 Å². The lowest BCUT2D eigenvalue weighted by Crippen LogP contribution is -2.38. The number of rotatable bonds is 6. The second-order valence-corrected chi connectivity index (χ2v) is 10.1. The van der Waals surface area contributed by atoms with E-state index in [1.807, 2.05) is 36.6 Å². The van der Waals surface area contributed by atoms with E-state index in [0.717, 1.165) is 17.7 Å². The fourth-order valence-electron chi connectivity index (χ4n) is 4.62. The van der Waals surface area contributed by atoms with E-state index in [2.05, 4.69) is 20.2 Å². The molecule has 1 aliphatic heterocycles. The third-order valence-corrected chi connectivity index (χ3v) is 7.31. The fourth-order valence-corrected chi connectivity index (χ4v) is 4.97. The largest absolute Gasteiger partial charge is 0.445 e. The Balaban J connectivity index is 1.38. The van der Waals surface area contributed by atoms with Gasteiger partial charge in [0.05, 0.1) is 17.0 Å². The topological polar surface area (TPSA) is 81.1 Å². The van der Waals surface area contributed by atoms with Gasteiger partial charge in [0, 0.05) is 30.8 Å². The number of likely N-dealkylation sites (tertiary alicyclic amines) is 1. The molecule has 0 radical (unpaired) electrons. The van der Waals surface area contributed by atoms with E-state index in [0.29, 0.717) is 59.3 Å². The van der Waals surface area contributed by atoms with Crippen LogP contribution in [0.4, 0.5) is 18.0 Å². The second kappa shape index (κ2) is 12.0. The molecule has 5 rings (SSSR count). The zero-order valence-corrected chi connectivity index (χ0v) is 22.5. The first-order valence-corrected chi connectivity index (χ1v) is 13.9. The molecule has 0 N–H and O–H groups in total. The fraction of sp³-hybridized carbons (Fsp3) is 0.276. The molecule has 1 aliphatic rings. The quantitative estimate of drug-likeness (QED) is 0.187. The molecule has 3 heterocycles. The highest BCUT2D eigenvalue weighted by molar-refractivity contribution is 7.98. The van der Waals surface area contributed by atoms with Crippen LogP contribution in [0.5, 0.6) is 0 Å². The molecule has 0 bridgehead atoms. The molecule has 0 atom stereocenters. The van der Waals surface area contributed by atoms with E-state index in [4.69, 9.17) is 4.74 Å². The Kier molecular flexibility index (Phi) is 8.29. The van der Waals surface area contributed by atoms with Crippen LogP contribution in [-0.2, 0) is 17.5 Å². The van der Waals surface area contributed by atoms with Gasteiger partial charge < -0.3 is 9.64 Å². The van der Waals surface area contributed by atoms with Gasteiger partial charge in [0.1, 0.15) is 12.3 Å². The Morgan fingerprint density at radius 2 is 1.80 bits per heavy atom. The van der Waals surface area contributed by atoms with Gasteiger partial charge in [-0.05, 0) is 54.5 Å². The maximum absolute atomic E-state index is 13.5. The highest BCUT2D eigenvalue weighted by atomic mass is 32.2. The first kappa shape index (κ1) is 27.6. The minimum Gasteiger partial charge on any atom is -0.445 e. The van der Waals surface area contributed by atoms with Gasteiger partial charge in [-0.25, -0.2) is 14.8 Å². The smallest absolute Gasteiger partial charge is 0.416 e. The van der Waals surface area contributed by atoms with Gasteiger partial charge >= 0.3 is 12.3 Å². The van der Waals surface area contributed by atoms with Crippen molar-refractivity contribution in [3.05, 3.63) is 89.7 Å². The molecule has 0 spiro atoms. The van der Waals surface area contributed by atoms with E-state index < -0.39 is 11.7 Å². The molecule has 40 heavy (non-hydrogen) atoms. The van der Waals surface area contributed by atoms with Gasteiger partial charge in [-0.2, -0.15) is 18.3 Å². The average Bonchev–Trinajstić information content (AvgIpc) is 3.00. The van der Waals surface area contributed by atoms with E-state index in [9.17, 15) is 18.0 Å². The van der Waals surface area contributed by atoms with Crippen LogP contribution < -0.4 is 0 Å². The molecule has 7 nitrogen and oxygen atoms in total. The van der Waals surface area contributed by atoms with Gasteiger partial charge in [0.25, 0.3) is 0 Å². The minimum atomic E-state index is -4.48. The van der Waals surface area contributed by atoms with Gasteiger partial charge in [0.2, 0.25) is 0 Å². The molecule has 206 valence electrons. The van der Waals surface area contributed by atoms with Gasteiger partial charge in [0.15, 0.2) is 5.16 Å². The molecular weight excluding hydrogens is 539 g/mol. The first-order chi connectivity index (χ1) is 19.3. The van der Waals surface area contributed by atoms with Crippen LogP contribution in [0.25, 0.3) is 22.5 Å². The minimum absolute atomic E-state index is 0.0172. The lowest BCUT2D eigenvalue weighted by atomic mass is 9.91. The summed E-state index contributed by atoms with van der Waals surface area (Å²) in [5.41, 5.74) is 2.55. The number of hydrogen-bond donors (Lipinski definition) is 0. The van der Waals surface area contributed by atoms with Crippen LogP contribution in [0.1, 0.15) is 35.6 Å². The lowest BCUT2D eigenvalue weighted by Gasteiger charge is -2.31. The van der Waals surface area contributed by atoms with E-state index >= 15 is 0 Å². The van der Waals surface area contributed by atoms with Crippen molar-refractivity contribution in [2.75, 3.05) is 19.3 Å². The van der Waals surface area contributed by atoms with Crippen molar-refractivity contribution >= 4 is 17.9 Å². The van der Waals surface area contributed by atoms with Crippen LogP contribution in [0, 0.1) is 0 Å². The number of thioether (sulfide) groups is 1. The number of nitrogens with zero attached hydrogens (tertiary/aromatic N) is 5. The molecule has 0 aliphatic carbocycles. The lowest BCUT2D eigenvalue weighted by molar-refractivity contribution is -0.137. The molecule has 1 saturated heterocycles. The third kappa shape index (κ3) is 6.41. The number of aromatic nitrogens is 4. The van der Waals surface area contributed by atoms with Crippen molar-refractivity contribution in [2.45, 2.75) is 36.7 Å². The molecule has 2 aromatic carbocycles. The van der Waals surface area contributed by atoms with E-state index in [-0.39, 0.29) is 18.6 Å². The van der Waals surface area contributed by atoms with Crippen molar-refractivity contribution in [3.8, 4) is 22.5 Å². The highest BCUT2D eigenvalue weighted by Gasteiger charge is 2.31. The zero-order chi connectivity index (χ0) is 28.1. The van der Waals surface area contributed by atoms with Gasteiger partial charge in [-0.1, -0.05) is 54.2 Å². The molecular formula is C29H26F3N5O2S. The van der Waals surface area contributed by atoms with Crippen molar-refractivity contribution < 1.29 is 22.7 Å². The Labute approximate surface area is 233 Å². The second-order valence-electron chi connectivity index (χ2n) is 9.34. The average molecular weight is 566 g/mol. The molecule has 1 fully saturated rings. The van der Waals surface area contributed by atoms with Crippen molar-refractivity contribution in [1.82, 2.24) is 25.1 Å². The van der Waals surface area contributed by atoms with Gasteiger partial charge in [-0.3, -0.25) is 0 Å².